The molecule has 21 heavy (non-hydrogen) atoms. The molecular formula is C13H16N2O5S. The summed E-state index contributed by atoms with van der Waals surface area (Å²) in [5.74, 6) is -1.38. The fraction of sp³-hybridized carbons (Fsp3) is 0.462. The summed E-state index contributed by atoms with van der Waals surface area (Å²) in [6.45, 7) is 1.09. The smallest absolute Gasteiger partial charge is 0.329 e. The highest BCUT2D eigenvalue weighted by molar-refractivity contribution is 7.08. The van der Waals surface area contributed by atoms with Gasteiger partial charge in [0, 0.05) is 31.6 Å². The van der Waals surface area contributed by atoms with Crippen molar-refractivity contribution in [3.8, 4) is 0 Å². The van der Waals surface area contributed by atoms with Crippen molar-refractivity contribution in [2.75, 3.05) is 39.4 Å². The van der Waals surface area contributed by atoms with Crippen molar-refractivity contribution in [3.63, 3.8) is 0 Å². The Morgan fingerprint density at radius 2 is 1.81 bits per heavy atom. The van der Waals surface area contributed by atoms with Gasteiger partial charge in [0.25, 0.3) is 5.91 Å². The van der Waals surface area contributed by atoms with Gasteiger partial charge in [0.15, 0.2) is 0 Å². The number of hydrogen-bond acceptors (Lipinski definition) is 5. The Hall–Kier alpha value is -1.93. The van der Waals surface area contributed by atoms with Crippen LogP contribution in [0.4, 0.5) is 0 Å². The number of hydrogen-bond donors (Lipinski definition) is 1. The fourth-order valence-electron chi connectivity index (χ4n) is 2.04. The first-order valence-corrected chi connectivity index (χ1v) is 7.41. The zero-order valence-corrected chi connectivity index (χ0v) is 12.2. The number of carbonyl (C=O) groups is 3. The molecule has 1 aliphatic rings. The van der Waals surface area contributed by atoms with Gasteiger partial charge in [0.2, 0.25) is 5.91 Å². The minimum atomic E-state index is -1.10. The van der Waals surface area contributed by atoms with E-state index in [0.29, 0.717) is 31.7 Å². The first kappa shape index (κ1) is 15.5. The third-order valence-electron chi connectivity index (χ3n) is 3.14. The van der Waals surface area contributed by atoms with E-state index in [4.69, 9.17) is 9.84 Å². The number of nitrogens with zero attached hydrogens (tertiary/aromatic N) is 2. The lowest BCUT2D eigenvalue weighted by Gasteiger charge is -2.34. The molecule has 0 spiro atoms. The van der Waals surface area contributed by atoms with Crippen LogP contribution in [0.3, 0.4) is 0 Å². The first-order chi connectivity index (χ1) is 10.1. The molecule has 0 aliphatic carbocycles. The highest BCUT2D eigenvalue weighted by Crippen LogP contribution is 2.12. The summed E-state index contributed by atoms with van der Waals surface area (Å²) >= 11 is 1.47. The van der Waals surface area contributed by atoms with Crippen LogP contribution >= 0.6 is 11.3 Å². The van der Waals surface area contributed by atoms with Crippen LogP contribution in [0.2, 0.25) is 0 Å². The van der Waals surface area contributed by atoms with Gasteiger partial charge >= 0.3 is 5.97 Å². The number of thiophene rings is 1. The van der Waals surface area contributed by atoms with Gasteiger partial charge in [-0.3, -0.25) is 9.59 Å². The minimum absolute atomic E-state index is 0.0227. The van der Waals surface area contributed by atoms with Gasteiger partial charge in [-0.05, 0) is 11.4 Å². The molecule has 2 heterocycles. The third-order valence-corrected chi connectivity index (χ3v) is 3.82. The molecule has 1 aliphatic heterocycles. The Balaban J connectivity index is 1.76. The van der Waals surface area contributed by atoms with Crippen LogP contribution in [0.5, 0.6) is 0 Å². The summed E-state index contributed by atoms with van der Waals surface area (Å²) in [6, 6.07) is 1.78. The Bertz CT molecular complexity index is 509. The predicted molar refractivity (Wildman–Crippen MR) is 75.3 cm³/mol. The third kappa shape index (κ3) is 4.27. The number of ether oxygens (including phenoxy) is 1. The van der Waals surface area contributed by atoms with E-state index < -0.39 is 12.6 Å². The summed E-state index contributed by atoms with van der Waals surface area (Å²) in [5.41, 5.74) is 0.671. The van der Waals surface area contributed by atoms with Gasteiger partial charge in [-0.25, -0.2) is 4.79 Å². The molecule has 8 heteroatoms. The summed E-state index contributed by atoms with van der Waals surface area (Å²) in [6.07, 6.45) is 0. The monoisotopic (exact) mass is 312 g/mol. The van der Waals surface area contributed by atoms with Crippen molar-refractivity contribution in [1.82, 2.24) is 9.80 Å². The maximum Gasteiger partial charge on any atom is 0.329 e. The molecule has 0 bridgehead atoms. The molecule has 0 radical (unpaired) electrons. The summed E-state index contributed by atoms with van der Waals surface area (Å²) in [5, 5.41) is 12.1. The molecule has 0 saturated carbocycles. The Morgan fingerprint density at radius 3 is 2.38 bits per heavy atom. The van der Waals surface area contributed by atoms with E-state index in [9.17, 15) is 14.4 Å². The fourth-order valence-corrected chi connectivity index (χ4v) is 2.67. The summed E-state index contributed by atoms with van der Waals surface area (Å²) in [4.78, 5) is 37.5. The Kier molecular flexibility index (Phi) is 5.29. The van der Waals surface area contributed by atoms with Crippen LogP contribution in [0, 0.1) is 0 Å². The highest BCUT2D eigenvalue weighted by Gasteiger charge is 2.24. The second-order valence-corrected chi connectivity index (χ2v) is 5.35. The van der Waals surface area contributed by atoms with Crippen LogP contribution in [0.15, 0.2) is 16.8 Å². The number of rotatable bonds is 5. The average molecular weight is 312 g/mol. The first-order valence-electron chi connectivity index (χ1n) is 6.46. The van der Waals surface area contributed by atoms with Gasteiger partial charge < -0.3 is 19.6 Å². The maximum absolute atomic E-state index is 12.1. The molecule has 2 rings (SSSR count). The standard InChI is InChI=1S/C13H16N2O5S/c16-11(7-20-8-12(17)18)14-2-4-15(5-3-14)13(19)10-1-6-21-9-10/h1,6,9H,2-5,7-8H2,(H,17,18). The lowest BCUT2D eigenvalue weighted by Crippen LogP contribution is -2.51. The van der Waals surface area contributed by atoms with E-state index in [1.807, 2.05) is 5.38 Å². The molecule has 1 N–H and O–H groups in total. The number of carbonyl (C=O) groups excluding carboxylic acids is 2. The average Bonchev–Trinajstić information content (AvgIpc) is 3.00. The molecule has 1 fully saturated rings. The van der Waals surface area contributed by atoms with Gasteiger partial charge in [0.05, 0.1) is 5.56 Å². The van der Waals surface area contributed by atoms with Crippen molar-refractivity contribution in [2.24, 2.45) is 0 Å². The molecule has 0 atom stereocenters. The van der Waals surface area contributed by atoms with Gasteiger partial charge in [-0.1, -0.05) is 0 Å². The number of carboxylic acid groups (broad SMARTS) is 1. The Labute approximate surface area is 125 Å². The zero-order valence-electron chi connectivity index (χ0n) is 11.4. The molecule has 1 saturated heterocycles. The van der Waals surface area contributed by atoms with Crippen molar-refractivity contribution in [2.45, 2.75) is 0 Å². The van der Waals surface area contributed by atoms with E-state index in [1.165, 1.54) is 11.3 Å². The topological polar surface area (TPSA) is 87.2 Å². The van der Waals surface area contributed by atoms with E-state index in [-0.39, 0.29) is 18.4 Å². The van der Waals surface area contributed by atoms with E-state index >= 15 is 0 Å². The van der Waals surface area contributed by atoms with Crippen LogP contribution in [0.1, 0.15) is 10.4 Å². The molecule has 2 amide bonds. The van der Waals surface area contributed by atoms with Crippen molar-refractivity contribution in [3.05, 3.63) is 22.4 Å². The highest BCUT2D eigenvalue weighted by atomic mass is 32.1. The molecule has 1 aromatic rings. The van der Waals surface area contributed by atoms with Crippen molar-refractivity contribution < 1.29 is 24.2 Å². The number of amides is 2. The molecule has 7 nitrogen and oxygen atoms in total. The SMILES string of the molecule is O=C(O)COCC(=O)N1CCN(C(=O)c2ccsc2)CC1. The minimum Gasteiger partial charge on any atom is -0.480 e. The lowest BCUT2D eigenvalue weighted by atomic mass is 10.2. The van der Waals surface area contributed by atoms with Gasteiger partial charge in [0.1, 0.15) is 13.2 Å². The number of aliphatic carboxylic acids is 1. The second-order valence-electron chi connectivity index (χ2n) is 4.57. The quantitative estimate of drug-likeness (QED) is 0.835. The van der Waals surface area contributed by atoms with Gasteiger partial charge in [-0.15, -0.1) is 0 Å². The van der Waals surface area contributed by atoms with E-state index in [1.54, 1.807) is 21.2 Å². The molecule has 114 valence electrons. The molecule has 0 unspecified atom stereocenters. The van der Waals surface area contributed by atoms with Crippen LogP contribution in [-0.2, 0) is 14.3 Å². The Morgan fingerprint density at radius 1 is 1.14 bits per heavy atom. The number of piperazine rings is 1. The predicted octanol–water partition coefficient (Wildman–Crippen LogP) is 0.134. The van der Waals surface area contributed by atoms with Crippen molar-refractivity contribution >= 4 is 29.1 Å². The van der Waals surface area contributed by atoms with E-state index in [2.05, 4.69) is 0 Å². The van der Waals surface area contributed by atoms with Crippen LogP contribution in [0.25, 0.3) is 0 Å². The van der Waals surface area contributed by atoms with E-state index in [0.717, 1.165) is 0 Å². The second kappa shape index (κ2) is 7.19. The molecular weight excluding hydrogens is 296 g/mol. The largest absolute Gasteiger partial charge is 0.480 e. The number of carboxylic acids is 1. The summed E-state index contributed by atoms with van der Waals surface area (Å²) < 4.78 is 4.77. The lowest BCUT2D eigenvalue weighted by molar-refractivity contribution is -0.146. The summed E-state index contributed by atoms with van der Waals surface area (Å²) in [7, 11) is 0. The van der Waals surface area contributed by atoms with Gasteiger partial charge in [-0.2, -0.15) is 11.3 Å². The zero-order chi connectivity index (χ0) is 15.2. The van der Waals surface area contributed by atoms with Crippen LogP contribution < -0.4 is 0 Å². The maximum atomic E-state index is 12.1. The molecule has 0 aromatic carbocycles. The van der Waals surface area contributed by atoms with Crippen molar-refractivity contribution in [1.29, 1.82) is 0 Å². The van der Waals surface area contributed by atoms with Crippen LogP contribution in [-0.4, -0.2) is 72.1 Å². The molecule has 1 aromatic heterocycles. The normalized spacial score (nSPS) is 15.0.